The highest BCUT2D eigenvalue weighted by atomic mass is 16.1. The van der Waals surface area contributed by atoms with E-state index in [0.29, 0.717) is 5.65 Å². The molecule has 2 aromatic heterocycles. The molecule has 146 valence electrons. The van der Waals surface area contributed by atoms with Gasteiger partial charge in [-0.3, -0.25) is 4.79 Å². The summed E-state index contributed by atoms with van der Waals surface area (Å²) in [5.41, 5.74) is 2.82. The maximum absolute atomic E-state index is 12.6. The summed E-state index contributed by atoms with van der Waals surface area (Å²) in [6, 6.07) is 12.0. The maximum Gasteiger partial charge on any atom is 0.227 e. The molecular formula is C20H25N7O. The normalized spacial score (nSPS) is 15.1. The van der Waals surface area contributed by atoms with Crippen LogP contribution in [0, 0.1) is 5.92 Å². The van der Waals surface area contributed by atoms with Crippen LogP contribution in [0.4, 0.5) is 11.5 Å². The number of aryl methyl sites for hydroxylation is 1. The molecule has 0 radical (unpaired) electrons. The Labute approximate surface area is 163 Å². The van der Waals surface area contributed by atoms with E-state index in [0.717, 1.165) is 43.9 Å². The first-order valence-electron chi connectivity index (χ1n) is 9.93. The number of rotatable bonds is 6. The molecule has 1 saturated heterocycles. The average molecular weight is 379 g/mol. The van der Waals surface area contributed by atoms with E-state index in [4.69, 9.17) is 0 Å². The van der Waals surface area contributed by atoms with Crippen LogP contribution in [-0.4, -0.2) is 44.3 Å². The number of aromatic nitrogens is 5. The summed E-state index contributed by atoms with van der Waals surface area (Å²) in [6.07, 6.45) is 5.08. The van der Waals surface area contributed by atoms with Crippen molar-refractivity contribution < 1.29 is 4.79 Å². The number of hydrogen-bond acceptors (Lipinski definition) is 6. The smallest absolute Gasteiger partial charge is 0.227 e. The summed E-state index contributed by atoms with van der Waals surface area (Å²) in [5.74, 6) is 0.957. The Balaban J connectivity index is 1.31. The third-order valence-corrected chi connectivity index (χ3v) is 5.29. The summed E-state index contributed by atoms with van der Waals surface area (Å²) in [7, 11) is 0. The van der Waals surface area contributed by atoms with Gasteiger partial charge in [0.1, 0.15) is 0 Å². The topological polar surface area (TPSA) is 88.3 Å². The van der Waals surface area contributed by atoms with Crippen LogP contribution in [0.25, 0.3) is 5.65 Å². The number of piperidine rings is 1. The van der Waals surface area contributed by atoms with Crippen molar-refractivity contribution in [3.8, 4) is 0 Å². The highest BCUT2D eigenvalue weighted by Crippen LogP contribution is 2.23. The zero-order valence-corrected chi connectivity index (χ0v) is 16.1. The van der Waals surface area contributed by atoms with Gasteiger partial charge < -0.3 is 10.2 Å². The fourth-order valence-corrected chi connectivity index (χ4v) is 3.56. The summed E-state index contributed by atoms with van der Waals surface area (Å²) in [6.45, 7) is 3.77. The van der Waals surface area contributed by atoms with E-state index in [9.17, 15) is 4.79 Å². The Morgan fingerprint density at radius 1 is 1.14 bits per heavy atom. The molecule has 0 unspecified atom stereocenters. The van der Waals surface area contributed by atoms with Crippen LogP contribution in [0.15, 0.2) is 36.4 Å². The monoisotopic (exact) mass is 379 g/mol. The van der Waals surface area contributed by atoms with E-state index in [-0.39, 0.29) is 11.8 Å². The Kier molecular flexibility index (Phi) is 5.45. The van der Waals surface area contributed by atoms with Crippen LogP contribution in [0.2, 0.25) is 0 Å². The van der Waals surface area contributed by atoms with Gasteiger partial charge in [0.15, 0.2) is 11.5 Å². The van der Waals surface area contributed by atoms with E-state index in [1.165, 1.54) is 23.0 Å². The Morgan fingerprint density at radius 2 is 1.93 bits per heavy atom. The number of amides is 1. The van der Waals surface area contributed by atoms with Gasteiger partial charge in [0, 0.05) is 24.7 Å². The third-order valence-electron chi connectivity index (χ3n) is 5.29. The first-order chi connectivity index (χ1) is 13.7. The van der Waals surface area contributed by atoms with Crippen LogP contribution in [0.5, 0.6) is 0 Å². The zero-order chi connectivity index (χ0) is 19.3. The number of nitrogens with one attached hydrogen (secondary N) is 1. The fraction of sp³-hybridized carbons (Fsp3) is 0.450. The van der Waals surface area contributed by atoms with Crippen molar-refractivity contribution in [1.82, 2.24) is 25.3 Å². The molecule has 1 aromatic carbocycles. The minimum Gasteiger partial charge on any atom is -0.355 e. The van der Waals surface area contributed by atoms with Crippen LogP contribution >= 0.6 is 0 Å². The Bertz CT molecular complexity index is 929. The molecular weight excluding hydrogens is 354 g/mol. The van der Waals surface area contributed by atoms with Gasteiger partial charge in [0.25, 0.3) is 0 Å². The molecule has 1 aliphatic heterocycles. The lowest BCUT2D eigenvalue weighted by molar-refractivity contribution is -0.120. The highest BCUT2D eigenvalue weighted by molar-refractivity contribution is 5.92. The van der Waals surface area contributed by atoms with Crippen molar-refractivity contribution in [2.45, 2.75) is 39.0 Å². The second-order valence-corrected chi connectivity index (χ2v) is 7.27. The van der Waals surface area contributed by atoms with Crippen LogP contribution in [0.3, 0.4) is 0 Å². The van der Waals surface area contributed by atoms with E-state index in [1.807, 2.05) is 24.3 Å². The number of nitrogens with zero attached hydrogens (tertiary/aromatic N) is 6. The molecule has 1 fully saturated rings. The molecule has 8 heteroatoms. The molecule has 1 amide bonds. The summed E-state index contributed by atoms with van der Waals surface area (Å²) < 4.78 is 1.43. The third kappa shape index (κ3) is 4.11. The van der Waals surface area contributed by atoms with Gasteiger partial charge >= 0.3 is 0 Å². The van der Waals surface area contributed by atoms with Gasteiger partial charge in [0.05, 0.1) is 0 Å². The fourth-order valence-electron chi connectivity index (χ4n) is 3.56. The number of carbonyl (C=O) groups is 1. The number of tetrazole rings is 1. The van der Waals surface area contributed by atoms with Gasteiger partial charge in [-0.15, -0.1) is 14.8 Å². The number of anilines is 2. The average Bonchev–Trinajstić information content (AvgIpc) is 3.21. The molecule has 4 rings (SSSR count). The van der Waals surface area contributed by atoms with Gasteiger partial charge in [-0.2, -0.15) is 0 Å². The second kappa shape index (κ2) is 8.33. The largest absolute Gasteiger partial charge is 0.355 e. The number of carbonyl (C=O) groups excluding carboxylic acids is 1. The molecule has 0 atom stereocenters. The van der Waals surface area contributed by atoms with E-state index in [2.05, 4.69) is 49.9 Å². The first kappa shape index (κ1) is 18.3. The summed E-state index contributed by atoms with van der Waals surface area (Å²) in [4.78, 5) is 14.8. The number of fused-ring (bicyclic) bond motifs is 1. The molecule has 0 bridgehead atoms. The SMILES string of the molecule is CCCCc1ccc(NC(=O)C2CCN(c3ccc4nnnn4n3)CC2)cc1. The molecule has 3 aromatic rings. The van der Waals surface area contributed by atoms with E-state index in [1.54, 1.807) is 0 Å². The van der Waals surface area contributed by atoms with Crippen molar-refractivity contribution in [3.05, 3.63) is 42.0 Å². The van der Waals surface area contributed by atoms with Crippen molar-refractivity contribution in [2.24, 2.45) is 5.92 Å². The van der Waals surface area contributed by atoms with E-state index < -0.39 is 0 Å². The lowest BCUT2D eigenvalue weighted by Gasteiger charge is -2.31. The number of benzene rings is 1. The van der Waals surface area contributed by atoms with Crippen LogP contribution in [0.1, 0.15) is 38.2 Å². The van der Waals surface area contributed by atoms with Crippen LogP contribution in [-0.2, 0) is 11.2 Å². The van der Waals surface area contributed by atoms with Crippen molar-refractivity contribution in [2.75, 3.05) is 23.3 Å². The molecule has 1 aliphatic rings. The summed E-state index contributed by atoms with van der Waals surface area (Å²) in [5, 5.41) is 18.8. The number of unbranched alkanes of at least 4 members (excludes halogenated alkanes) is 1. The lowest BCUT2D eigenvalue weighted by Crippen LogP contribution is -2.38. The summed E-state index contributed by atoms with van der Waals surface area (Å²) >= 11 is 0. The minimum absolute atomic E-state index is 0.0211. The molecule has 3 heterocycles. The van der Waals surface area contributed by atoms with Crippen molar-refractivity contribution in [1.29, 1.82) is 0 Å². The number of hydrogen-bond donors (Lipinski definition) is 1. The highest BCUT2D eigenvalue weighted by Gasteiger charge is 2.26. The lowest BCUT2D eigenvalue weighted by atomic mass is 9.95. The van der Waals surface area contributed by atoms with Gasteiger partial charge in [0.2, 0.25) is 5.91 Å². The Morgan fingerprint density at radius 3 is 2.68 bits per heavy atom. The first-order valence-corrected chi connectivity index (χ1v) is 9.93. The minimum atomic E-state index is 0.0211. The predicted molar refractivity (Wildman–Crippen MR) is 107 cm³/mol. The molecule has 0 saturated carbocycles. The predicted octanol–water partition coefficient (Wildman–Crippen LogP) is 2.72. The van der Waals surface area contributed by atoms with E-state index >= 15 is 0 Å². The molecule has 0 aliphatic carbocycles. The molecule has 1 N–H and O–H groups in total. The van der Waals surface area contributed by atoms with Crippen molar-refractivity contribution >= 4 is 23.1 Å². The van der Waals surface area contributed by atoms with Gasteiger partial charge in [-0.25, -0.2) is 0 Å². The quantitative estimate of drug-likeness (QED) is 0.708. The molecule has 0 spiro atoms. The second-order valence-electron chi connectivity index (χ2n) is 7.27. The van der Waals surface area contributed by atoms with Crippen molar-refractivity contribution in [3.63, 3.8) is 0 Å². The van der Waals surface area contributed by atoms with Crippen LogP contribution < -0.4 is 10.2 Å². The maximum atomic E-state index is 12.6. The molecule has 28 heavy (non-hydrogen) atoms. The van der Waals surface area contributed by atoms with Gasteiger partial charge in [-0.1, -0.05) is 25.5 Å². The molecule has 8 nitrogen and oxygen atoms in total. The standard InChI is InChI=1S/C20H25N7O/c1-2-3-4-15-5-7-17(8-6-15)21-20(28)16-11-13-26(14-12-16)19-10-9-18-22-24-25-27(18)23-19/h5-10,16H,2-4,11-14H2,1H3,(H,21,28). The Hall–Kier alpha value is -3.03. The zero-order valence-electron chi connectivity index (χ0n) is 16.1. The van der Waals surface area contributed by atoms with Gasteiger partial charge in [-0.05, 0) is 65.9 Å².